The lowest BCUT2D eigenvalue weighted by atomic mass is 10.0. The average Bonchev–Trinajstić information content (AvgIpc) is 3.27. The molecule has 0 radical (unpaired) electrons. The van der Waals surface area contributed by atoms with Crippen molar-refractivity contribution < 1.29 is 26.3 Å². The Morgan fingerprint density at radius 1 is 0.806 bits per heavy atom. The molecule has 0 unspecified atom stereocenters. The van der Waals surface area contributed by atoms with Gasteiger partial charge in [-0.3, -0.25) is 0 Å². The molecular formula is C25H15F6N5. The van der Waals surface area contributed by atoms with Crippen molar-refractivity contribution in [1.82, 2.24) is 24.7 Å². The lowest BCUT2D eigenvalue weighted by Crippen LogP contribution is -2.09. The largest absolute Gasteiger partial charge is 0.417 e. The second-order valence-corrected chi connectivity index (χ2v) is 7.93. The van der Waals surface area contributed by atoms with Crippen LogP contribution in [0.2, 0.25) is 0 Å². The predicted octanol–water partition coefficient (Wildman–Crippen LogP) is 6.65. The molecule has 0 amide bonds. The predicted molar refractivity (Wildman–Crippen MR) is 119 cm³/mol. The zero-order valence-electron chi connectivity index (χ0n) is 18.2. The number of hydrogen-bond acceptors (Lipinski definition) is 4. The van der Waals surface area contributed by atoms with Crippen LogP contribution in [0.1, 0.15) is 23.2 Å². The van der Waals surface area contributed by atoms with Gasteiger partial charge in [0.1, 0.15) is 11.5 Å². The van der Waals surface area contributed by atoms with Crippen LogP contribution in [0.25, 0.3) is 34.0 Å². The quantitative estimate of drug-likeness (QED) is 0.254. The highest BCUT2D eigenvalue weighted by molar-refractivity contribution is 5.66. The first-order valence-electron chi connectivity index (χ1n) is 10.6. The van der Waals surface area contributed by atoms with Crippen molar-refractivity contribution in [3.05, 3.63) is 95.7 Å². The van der Waals surface area contributed by atoms with E-state index in [0.717, 1.165) is 12.1 Å². The maximum absolute atomic E-state index is 14.1. The Bertz CT molecular complexity index is 1490. The second-order valence-electron chi connectivity index (χ2n) is 7.93. The van der Waals surface area contributed by atoms with Crippen LogP contribution in [0.5, 0.6) is 0 Å². The molecule has 0 saturated carbocycles. The number of hydrogen-bond donors (Lipinski definition) is 0. The number of pyridine rings is 1. The van der Waals surface area contributed by atoms with Gasteiger partial charge in [-0.1, -0.05) is 24.3 Å². The van der Waals surface area contributed by atoms with Crippen LogP contribution < -0.4 is 0 Å². The zero-order chi connectivity index (χ0) is 25.4. The number of fused-ring (bicyclic) bond motifs is 1. The van der Waals surface area contributed by atoms with Crippen molar-refractivity contribution in [2.24, 2.45) is 0 Å². The number of aromatic nitrogens is 5. The van der Waals surface area contributed by atoms with Gasteiger partial charge in [0.2, 0.25) is 0 Å². The van der Waals surface area contributed by atoms with Crippen molar-refractivity contribution in [3.8, 4) is 34.0 Å². The first-order valence-corrected chi connectivity index (χ1v) is 10.6. The Hall–Kier alpha value is -4.28. The summed E-state index contributed by atoms with van der Waals surface area (Å²) >= 11 is 0. The van der Waals surface area contributed by atoms with E-state index in [1.54, 1.807) is 41.2 Å². The molecule has 5 nitrogen and oxygen atoms in total. The van der Waals surface area contributed by atoms with E-state index in [2.05, 4.69) is 20.2 Å². The molecule has 11 heteroatoms. The molecule has 0 aliphatic carbocycles. The first kappa shape index (κ1) is 23.5. The number of alkyl halides is 5. The highest BCUT2D eigenvalue weighted by Crippen LogP contribution is 2.38. The van der Waals surface area contributed by atoms with E-state index >= 15 is 0 Å². The lowest BCUT2D eigenvalue weighted by molar-refractivity contribution is -0.137. The summed E-state index contributed by atoms with van der Waals surface area (Å²) < 4.78 is 82.0. The number of benzene rings is 2. The summed E-state index contributed by atoms with van der Waals surface area (Å²) in [6.45, 7) is 0.224. The Balaban J connectivity index is 1.40. The molecule has 0 atom stereocenters. The SMILES string of the molecule is Fc1ccccc1-c1nc2ccn(Cc3ccc(-c4ccc(C(F)F)cc4C(F)(F)F)nn3)cc-2n1. The third kappa shape index (κ3) is 4.64. The molecule has 36 heavy (non-hydrogen) atoms. The maximum Gasteiger partial charge on any atom is 0.417 e. The molecule has 0 spiro atoms. The van der Waals surface area contributed by atoms with E-state index in [9.17, 15) is 26.3 Å². The molecule has 0 saturated heterocycles. The minimum atomic E-state index is -4.84. The zero-order valence-corrected chi connectivity index (χ0v) is 18.2. The van der Waals surface area contributed by atoms with Gasteiger partial charge in [0.15, 0.2) is 5.82 Å². The van der Waals surface area contributed by atoms with Gasteiger partial charge < -0.3 is 4.57 Å². The highest BCUT2D eigenvalue weighted by Gasteiger charge is 2.35. The fraction of sp³-hybridized carbons (Fsp3) is 0.120. The van der Waals surface area contributed by atoms with Crippen LogP contribution in [0.4, 0.5) is 26.3 Å². The number of rotatable bonds is 5. The Morgan fingerprint density at radius 2 is 1.58 bits per heavy atom. The number of halogens is 6. The normalized spacial score (nSPS) is 12.0. The molecule has 1 aromatic heterocycles. The van der Waals surface area contributed by atoms with Crippen LogP contribution in [0.15, 0.2) is 73.1 Å². The monoisotopic (exact) mass is 499 g/mol. The van der Waals surface area contributed by atoms with Gasteiger partial charge in [0, 0.05) is 23.5 Å². The topological polar surface area (TPSA) is 56.5 Å². The molecule has 0 N–H and O–H groups in total. The third-order valence-corrected chi connectivity index (χ3v) is 5.48. The van der Waals surface area contributed by atoms with Crippen LogP contribution in [0, 0.1) is 5.82 Å². The van der Waals surface area contributed by atoms with Crippen LogP contribution in [-0.4, -0.2) is 24.7 Å². The Labute approximate surface area is 200 Å². The minimum Gasteiger partial charge on any atom is -0.346 e. The highest BCUT2D eigenvalue weighted by atomic mass is 19.4. The maximum atomic E-state index is 14.1. The fourth-order valence-corrected chi connectivity index (χ4v) is 3.74. The lowest BCUT2D eigenvalue weighted by Gasteiger charge is -2.14. The number of nitrogens with zero attached hydrogens (tertiary/aromatic N) is 5. The van der Waals surface area contributed by atoms with E-state index < -0.39 is 29.5 Å². The molecule has 182 valence electrons. The smallest absolute Gasteiger partial charge is 0.346 e. The summed E-state index contributed by atoms with van der Waals surface area (Å²) in [4.78, 5) is 8.73. The van der Waals surface area contributed by atoms with Gasteiger partial charge >= 0.3 is 6.18 Å². The van der Waals surface area contributed by atoms with Crippen molar-refractivity contribution in [3.63, 3.8) is 0 Å². The fourth-order valence-electron chi connectivity index (χ4n) is 3.74. The van der Waals surface area contributed by atoms with Crippen molar-refractivity contribution in [1.29, 1.82) is 0 Å². The van der Waals surface area contributed by atoms with Crippen molar-refractivity contribution >= 4 is 0 Å². The van der Waals surface area contributed by atoms with E-state index in [1.807, 2.05) is 0 Å². The van der Waals surface area contributed by atoms with Gasteiger partial charge in [-0.05, 0) is 36.4 Å². The summed E-state index contributed by atoms with van der Waals surface area (Å²) in [6.07, 6.45) is -4.47. The van der Waals surface area contributed by atoms with E-state index in [-0.39, 0.29) is 29.2 Å². The Kier molecular flexibility index (Phi) is 5.91. The molecular weight excluding hydrogens is 484 g/mol. The summed E-state index contributed by atoms with van der Waals surface area (Å²) in [5.74, 6) is -0.183. The molecule has 2 aliphatic heterocycles. The third-order valence-electron chi connectivity index (χ3n) is 5.48. The van der Waals surface area contributed by atoms with Gasteiger partial charge in [-0.25, -0.2) is 23.1 Å². The average molecular weight is 499 g/mol. The second kappa shape index (κ2) is 9.06. The van der Waals surface area contributed by atoms with Gasteiger partial charge in [-0.2, -0.15) is 23.4 Å². The van der Waals surface area contributed by atoms with Crippen molar-refractivity contribution in [2.45, 2.75) is 19.1 Å². The Morgan fingerprint density at radius 3 is 2.28 bits per heavy atom. The minimum absolute atomic E-state index is 0.0937. The first-order chi connectivity index (χ1) is 17.2. The van der Waals surface area contributed by atoms with E-state index in [0.29, 0.717) is 23.1 Å². The van der Waals surface area contributed by atoms with Gasteiger partial charge in [0.25, 0.3) is 6.43 Å². The van der Waals surface area contributed by atoms with Gasteiger partial charge in [-0.15, -0.1) is 0 Å². The van der Waals surface area contributed by atoms with Crippen LogP contribution in [-0.2, 0) is 12.7 Å². The van der Waals surface area contributed by atoms with Gasteiger partial charge in [0.05, 0.1) is 34.8 Å². The van der Waals surface area contributed by atoms with Crippen LogP contribution in [0.3, 0.4) is 0 Å². The molecule has 2 aromatic carbocycles. The summed E-state index contributed by atoms with van der Waals surface area (Å²) in [5, 5.41) is 7.89. The molecule has 5 rings (SSSR count). The summed E-state index contributed by atoms with van der Waals surface area (Å²) in [5.41, 5.74) is -0.557. The summed E-state index contributed by atoms with van der Waals surface area (Å²) in [7, 11) is 0. The van der Waals surface area contributed by atoms with Crippen LogP contribution >= 0.6 is 0 Å². The van der Waals surface area contributed by atoms with E-state index in [4.69, 9.17) is 0 Å². The summed E-state index contributed by atoms with van der Waals surface area (Å²) in [6, 6.07) is 13.1. The molecule has 0 fully saturated rings. The molecule has 0 bridgehead atoms. The number of imidazole rings is 1. The standard InChI is InChI=1S/C25H15F6N5/c26-19-4-2-1-3-17(19)24-32-21-9-10-36(13-22(21)33-24)12-15-6-8-20(35-34-15)16-7-5-14(23(27)28)11-18(16)25(29,30)31/h1-11,13,23H,12H2. The van der Waals surface area contributed by atoms with Crippen molar-refractivity contribution in [2.75, 3.05) is 0 Å². The molecule has 3 heterocycles. The molecule has 3 aromatic rings. The van der Waals surface area contributed by atoms with E-state index in [1.165, 1.54) is 18.2 Å². The molecule has 2 aliphatic rings.